The van der Waals surface area contributed by atoms with E-state index in [9.17, 15) is 14.4 Å². The predicted molar refractivity (Wildman–Crippen MR) is 120 cm³/mol. The molecule has 0 spiro atoms. The molecule has 172 valence electrons. The first-order valence-corrected chi connectivity index (χ1v) is 10.4. The standard InChI is InChI=1S/C25H31NO6/c1-16(19-13-10-14-20(15-19)22(27)18-11-8-7-9-12-18)23(28)31-17(2)21(26-30-6)24(29)32-25(3,4)5/h7-17,21,26H,1-6H3/t16-,17+,21?/m0/s1. The summed E-state index contributed by atoms with van der Waals surface area (Å²) in [6, 6.07) is 14.8. The summed E-state index contributed by atoms with van der Waals surface area (Å²) in [7, 11) is 1.36. The molecule has 0 amide bonds. The van der Waals surface area contributed by atoms with E-state index in [4.69, 9.17) is 14.3 Å². The lowest BCUT2D eigenvalue weighted by atomic mass is 9.95. The van der Waals surface area contributed by atoms with Gasteiger partial charge in [0.25, 0.3) is 0 Å². The predicted octanol–water partition coefficient (Wildman–Crippen LogP) is 3.81. The Morgan fingerprint density at radius 3 is 2.09 bits per heavy atom. The molecule has 0 aromatic heterocycles. The molecule has 0 heterocycles. The number of ketones is 1. The van der Waals surface area contributed by atoms with Crippen LogP contribution in [0.25, 0.3) is 0 Å². The van der Waals surface area contributed by atoms with E-state index in [1.165, 1.54) is 7.11 Å². The Balaban J connectivity index is 2.12. The molecule has 0 radical (unpaired) electrons. The summed E-state index contributed by atoms with van der Waals surface area (Å²) < 4.78 is 10.9. The zero-order chi connectivity index (χ0) is 23.9. The van der Waals surface area contributed by atoms with E-state index >= 15 is 0 Å². The summed E-state index contributed by atoms with van der Waals surface area (Å²) in [4.78, 5) is 42.9. The van der Waals surface area contributed by atoms with Gasteiger partial charge in [0.2, 0.25) is 0 Å². The fourth-order valence-electron chi connectivity index (χ4n) is 3.02. The van der Waals surface area contributed by atoms with Gasteiger partial charge in [-0.3, -0.25) is 14.4 Å². The lowest BCUT2D eigenvalue weighted by molar-refractivity contribution is -0.170. The fourth-order valence-corrected chi connectivity index (χ4v) is 3.02. The van der Waals surface area contributed by atoms with Gasteiger partial charge in [-0.25, -0.2) is 0 Å². The number of hydrogen-bond acceptors (Lipinski definition) is 7. The molecular weight excluding hydrogens is 410 g/mol. The first-order valence-electron chi connectivity index (χ1n) is 10.4. The van der Waals surface area contributed by atoms with E-state index in [-0.39, 0.29) is 5.78 Å². The first kappa shape index (κ1) is 25.2. The van der Waals surface area contributed by atoms with Gasteiger partial charge in [0.05, 0.1) is 13.0 Å². The van der Waals surface area contributed by atoms with E-state index in [0.717, 1.165) is 0 Å². The molecule has 3 atom stereocenters. The number of benzene rings is 2. The summed E-state index contributed by atoms with van der Waals surface area (Å²) in [6.45, 7) is 8.51. The van der Waals surface area contributed by atoms with E-state index in [1.807, 2.05) is 6.07 Å². The van der Waals surface area contributed by atoms with Crippen molar-refractivity contribution in [3.63, 3.8) is 0 Å². The molecule has 2 rings (SSSR count). The highest BCUT2D eigenvalue weighted by molar-refractivity contribution is 6.09. The summed E-state index contributed by atoms with van der Waals surface area (Å²) in [5.41, 5.74) is 3.52. The fraction of sp³-hybridized carbons (Fsp3) is 0.400. The van der Waals surface area contributed by atoms with Gasteiger partial charge >= 0.3 is 11.9 Å². The van der Waals surface area contributed by atoms with Crippen LogP contribution < -0.4 is 5.48 Å². The van der Waals surface area contributed by atoms with Crippen molar-refractivity contribution in [3.8, 4) is 0 Å². The lowest BCUT2D eigenvalue weighted by Crippen LogP contribution is -2.49. The second-order valence-electron chi connectivity index (χ2n) is 8.52. The smallest absolute Gasteiger partial charge is 0.329 e. The van der Waals surface area contributed by atoms with E-state index in [0.29, 0.717) is 16.7 Å². The number of esters is 2. The molecule has 0 aliphatic rings. The van der Waals surface area contributed by atoms with E-state index in [1.54, 1.807) is 83.1 Å². The van der Waals surface area contributed by atoms with Crippen LogP contribution in [0, 0.1) is 0 Å². The Labute approximate surface area is 189 Å². The third kappa shape index (κ3) is 7.00. The monoisotopic (exact) mass is 441 g/mol. The highest BCUT2D eigenvalue weighted by Gasteiger charge is 2.33. The van der Waals surface area contributed by atoms with Gasteiger partial charge in [0.1, 0.15) is 11.7 Å². The van der Waals surface area contributed by atoms with Gasteiger partial charge in [-0.05, 0) is 46.2 Å². The Hall–Kier alpha value is -3.03. The molecular formula is C25H31NO6. The molecule has 2 aromatic rings. The summed E-state index contributed by atoms with van der Waals surface area (Å²) >= 11 is 0. The van der Waals surface area contributed by atoms with Crippen LogP contribution in [0.5, 0.6) is 0 Å². The minimum absolute atomic E-state index is 0.129. The molecule has 1 N–H and O–H groups in total. The van der Waals surface area contributed by atoms with Crippen molar-refractivity contribution in [2.45, 2.75) is 58.3 Å². The maximum atomic E-state index is 12.8. The SMILES string of the molecule is CONC(C(=O)OC(C)(C)C)[C@@H](C)OC(=O)[C@@H](C)c1cccc(C(=O)c2ccccc2)c1. The average Bonchev–Trinajstić information content (AvgIpc) is 2.75. The zero-order valence-corrected chi connectivity index (χ0v) is 19.4. The highest BCUT2D eigenvalue weighted by Crippen LogP contribution is 2.21. The molecule has 32 heavy (non-hydrogen) atoms. The maximum Gasteiger partial charge on any atom is 0.329 e. The van der Waals surface area contributed by atoms with Gasteiger partial charge in [-0.2, -0.15) is 5.48 Å². The number of nitrogens with one attached hydrogen (secondary N) is 1. The topological polar surface area (TPSA) is 90.9 Å². The Morgan fingerprint density at radius 2 is 1.50 bits per heavy atom. The molecule has 7 heteroatoms. The van der Waals surface area contributed by atoms with Gasteiger partial charge in [0, 0.05) is 11.1 Å². The molecule has 1 unspecified atom stereocenters. The van der Waals surface area contributed by atoms with Gasteiger partial charge in [0.15, 0.2) is 11.8 Å². The van der Waals surface area contributed by atoms with Crippen LogP contribution in [-0.2, 0) is 23.9 Å². The second kappa shape index (κ2) is 11.0. The summed E-state index contributed by atoms with van der Waals surface area (Å²) in [5.74, 6) is -1.91. The Bertz CT molecular complexity index is 935. The highest BCUT2D eigenvalue weighted by atomic mass is 16.6. The third-order valence-electron chi connectivity index (χ3n) is 4.72. The minimum atomic E-state index is -0.999. The third-order valence-corrected chi connectivity index (χ3v) is 4.72. The van der Waals surface area contributed by atoms with Crippen molar-refractivity contribution in [2.75, 3.05) is 7.11 Å². The number of rotatable bonds is 9. The minimum Gasteiger partial charge on any atom is -0.460 e. The maximum absolute atomic E-state index is 12.8. The van der Waals surface area contributed by atoms with Crippen molar-refractivity contribution in [1.29, 1.82) is 0 Å². The van der Waals surface area contributed by atoms with Crippen LogP contribution in [0.4, 0.5) is 0 Å². The van der Waals surface area contributed by atoms with Crippen molar-refractivity contribution < 1.29 is 28.7 Å². The number of ether oxygens (including phenoxy) is 2. The average molecular weight is 442 g/mol. The van der Waals surface area contributed by atoms with Crippen molar-refractivity contribution in [2.24, 2.45) is 0 Å². The molecule has 0 saturated heterocycles. The number of hydrogen-bond donors (Lipinski definition) is 1. The number of carbonyl (C=O) groups excluding carboxylic acids is 3. The first-order chi connectivity index (χ1) is 15.0. The van der Waals surface area contributed by atoms with Gasteiger partial charge in [-0.15, -0.1) is 0 Å². The van der Waals surface area contributed by atoms with Gasteiger partial charge < -0.3 is 14.3 Å². The van der Waals surface area contributed by atoms with E-state index in [2.05, 4.69) is 5.48 Å². The quantitative estimate of drug-likeness (QED) is 0.359. The van der Waals surface area contributed by atoms with Crippen LogP contribution in [-0.4, -0.2) is 42.6 Å². The van der Waals surface area contributed by atoms with Crippen molar-refractivity contribution in [3.05, 3.63) is 71.3 Å². The normalized spacial score (nSPS) is 14.2. The number of hydroxylamine groups is 1. The molecule has 0 aliphatic carbocycles. The van der Waals surface area contributed by atoms with Crippen LogP contribution in [0.2, 0.25) is 0 Å². The number of carbonyl (C=O) groups is 3. The van der Waals surface area contributed by atoms with Crippen molar-refractivity contribution in [1.82, 2.24) is 5.48 Å². The zero-order valence-electron chi connectivity index (χ0n) is 19.4. The van der Waals surface area contributed by atoms with Crippen LogP contribution in [0.15, 0.2) is 54.6 Å². The summed E-state index contributed by atoms with van der Waals surface area (Å²) in [5, 5.41) is 0. The Kier molecular flexibility index (Phi) is 8.69. The lowest BCUT2D eigenvalue weighted by Gasteiger charge is -2.27. The second-order valence-corrected chi connectivity index (χ2v) is 8.52. The largest absolute Gasteiger partial charge is 0.460 e. The van der Waals surface area contributed by atoms with Crippen LogP contribution in [0.3, 0.4) is 0 Å². The molecule has 2 aromatic carbocycles. The Morgan fingerprint density at radius 1 is 0.875 bits per heavy atom. The van der Waals surface area contributed by atoms with E-state index < -0.39 is 35.6 Å². The molecule has 0 saturated carbocycles. The van der Waals surface area contributed by atoms with Crippen LogP contribution >= 0.6 is 0 Å². The van der Waals surface area contributed by atoms with Gasteiger partial charge in [-0.1, -0.05) is 48.5 Å². The molecule has 0 bridgehead atoms. The molecule has 0 aliphatic heterocycles. The van der Waals surface area contributed by atoms with Crippen LogP contribution in [0.1, 0.15) is 62.0 Å². The summed E-state index contributed by atoms with van der Waals surface area (Å²) in [6.07, 6.45) is -0.853. The van der Waals surface area contributed by atoms with Crippen molar-refractivity contribution >= 4 is 17.7 Å². The molecule has 7 nitrogen and oxygen atoms in total. The molecule has 0 fully saturated rings.